The van der Waals surface area contributed by atoms with Gasteiger partial charge in [0.05, 0.1) is 0 Å². The average molecular weight is 242 g/mol. The van der Waals surface area contributed by atoms with Crippen molar-refractivity contribution < 1.29 is 4.79 Å². The first-order chi connectivity index (χ1) is 8.29. The lowest BCUT2D eigenvalue weighted by Gasteiger charge is -2.42. The topological polar surface area (TPSA) is 17.1 Å². The van der Waals surface area contributed by atoms with E-state index in [-0.39, 0.29) is 10.8 Å². The van der Waals surface area contributed by atoms with Crippen molar-refractivity contribution in [2.24, 2.45) is 0 Å². The van der Waals surface area contributed by atoms with Crippen LogP contribution in [0.3, 0.4) is 0 Å². The van der Waals surface area contributed by atoms with Gasteiger partial charge >= 0.3 is 0 Å². The molecule has 0 amide bonds. The van der Waals surface area contributed by atoms with Crippen LogP contribution in [0.25, 0.3) is 0 Å². The zero-order valence-corrected chi connectivity index (χ0v) is 11.9. The number of Topliss-reactive ketones (excluding diaryl/α,β-unsaturated/α-hetero) is 1. The molecule has 2 aliphatic carbocycles. The van der Waals surface area contributed by atoms with Crippen molar-refractivity contribution in [3.05, 3.63) is 34.4 Å². The van der Waals surface area contributed by atoms with E-state index in [0.717, 1.165) is 0 Å². The lowest BCUT2D eigenvalue weighted by atomic mass is 9.62. The molecule has 2 aliphatic rings. The van der Waals surface area contributed by atoms with Gasteiger partial charge in [0.2, 0.25) is 0 Å². The molecule has 0 heterocycles. The molecule has 0 saturated carbocycles. The van der Waals surface area contributed by atoms with Gasteiger partial charge in [-0.15, -0.1) is 0 Å². The third kappa shape index (κ3) is 1.64. The van der Waals surface area contributed by atoms with Crippen LogP contribution in [0.1, 0.15) is 62.8 Å². The summed E-state index contributed by atoms with van der Waals surface area (Å²) >= 11 is 0. The molecule has 0 radical (unpaired) electrons. The van der Waals surface area contributed by atoms with E-state index < -0.39 is 0 Å². The van der Waals surface area contributed by atoms with E-state index in [2.05, 4.69) is 39.8 Å². The summed E-state index contributed by atoms with van der Waals surface area (Å²) in [4.78, 5) is 11.6. The van der Waals surface area contributed by atoms with E-state index in [0.29, 0.717) is 18.6 Å². The van der Waals surface area contributed by atoms with Crippen LogP contribution >= 0.6 is 0 Å². The van der Waals surface area contributed by atoms with Gasteiger partial charge in [-0.05, 0) is 45.9 Å². The Bertz CT molecular complexity index is 488. The molecular weight excluding hydrogens is 220 g/mol. The van der Waals surface area contributed by atoms with E-state index in [4.69, 9.17) is 0 Å². The molecule has 0 spiro atoms. The van der Waals surface area contributed by atoms with Gasteiger partial charge in [-0.3, -0.25) is 4.79 Å². The fourth-order valence-electron chi connectivity index (χ4n) is 3.52. The number of carbonyl (C=O) groups is 1. The zero-order valence-electron chi connectivity index (χ0n) is 11.9. The third-order valence-corrected chi connectivity index (χ3v) is 4.95. The highest BCUT2D eigenvalue weighted by Gasteiger charge is 2.38. The maximum atomic E-state index is 11.6. The quantitative estimate of drug-likeness (QED) is 0.678. The minimum Gasteiger partial charge on any atom is -0.299 e. The molecule has 0 aromatic heterocycles. The van der Waals surface area contributed by atoms with Crippen molar-refractivity contribution in [3.63, 3.8) is 0 Å². The van der Waals surface area contributed by atoms with Gasteiger partial charge in [-0.1, -0.05) is 39.8 Å². The Morgan fingerprint density at radius 3 is 1.61 bits per heavy atom. The van der Waals surface area contributed by atoms with Gasteiger partial charge in [0.1, 0.15) is 5.78 Å². The Morgan fingerprint density at radius 1 is 0.833 bits per heavy atom. The fraction of sp³-hybridized carbons (Fsp3) is 0.588. The van der Waals surface area contributed by atoms with E-state index >= 15 is 0 Å². The maximum absolute atomic E-state index is 11.6. The molecule has 0 aliphatic heterocycles. The second kappa shape index (κ2) is 3.46. The molecule has 0 saturated heterocycles. The van der Waals surface area contributed by atoms with Crippen molar-refractivity contribution in [3.8, 4) is 0 Å². The zero-order chi connectivity index (χ0) is 13.1. The SMILES string of the molecule is CC1(C)CCC(C)(C)c2cc3c(cc21)CC(=O)C3. The third-order valence-electron chi connectivity index (χ3n) is 4.95. The monoisotopic (exact) mass is 242 g/mol. The summed E-state index contributed by atoms with van der Waals surface area (Å²) in [5.41, 5.74) is 6.03. The molecule has 3 rings (SSSR count). The van der Waals surface area contributed by atoms with Crippen LogP contribution in [0, 0.1) is 0 Å². The number of hydrogen-bond acceptors (Lipinski definition) is 1. The smallest absolute Gasteiger partial charge is 0.141 e. The molecule has 1 aromatic carbocycles. The van der Waals surface area contributed by atoms with Crippen LogP contribution in [0.2, 0.25) is 0 Å². The number of fused-ring (bicyclic) bond motifs is 2. The highest BCUT2D eigenvalue weighted by molar-refractivity contribution is 5.88. The molecule has 1 heteroatoms. The van der Waals surface area contributed by atoms with Gasteiger partial charge in [-0.25, -0.2) is 0 Å². The van der Waals surface area contributed by atoms with Crippen LogP contribution in [-0.2, 0) is 28.5 Å². The second-order valence-corrected chi connectivity index (χ2v) is 7.33. The summed E-state index contributed by atoms with van der Waals surface area (Å²) in [6, 6.07) is 4.66. The average Bonchev–Trinajstić information content (AvgIpc) is 2.62. The summed E-state index contributed by atoms with van der Waals surface area (Å²) in [7, 11) is 0. The van der Waals surface area contributed by atoms with Gasteiger partial charge in [-0.2, -0.15) is 0 Å². The van der Waals surface area contributed by atoms with Gasteiger partial charge < -0.3 is 0 Å². The maximum Gasteiger partial charge on any atom is 0.141 e. The highest BCUT2D eigenvalue weighted by Crippen LogP contribution is 2.47. The molecule has 0 N–H and O–H groups in total. The first-order valence-electron chi connectivity index (χ1n) is 6.98. The molecule has 0 unspecified atom stereocenters. The molecule has 0 bridgehead atoms. The number of benzene rings is 1. The highest BCUT2D eigenvalue weighted by atomic mass is 16.1. The summed E-state index contributed by atoms with van der Waals surface area (Å²) < 4.78 is 0. The molecule has 18 heavy (non-hydrogen) atoms. The van der Waals surface area contributed by atoms with E-state index in [1.807, 2.05) is 0 Å². The van der Waals surface area contributed by atoms with E-state index in [9.17, 15) is 4.79 Å². The fourth-order valence-corrected chi connectivity index (χ4v) is 3.52. The first kappa shape index (κ1) is 12.0. The minimum atomic E-state index is 0.255. The lowest BCUT2D eigenvalue weighted by molar-refractivity contribution is -0.117. The van der Waals surface area contributed by atoms with Crippen LogP contribution < -0.4 is 0 Å². The van der Waals surface area contributed by atoms with Crippen molar-refractivity contribution in [2.45, 2.75) is 64.2 Å². The van der Waals surface area contributed by atoms with Crippen molar-refractivity contribution in [2.75, 3.05) is 0 Å². The van der Waals surface area contributed by atoms with Gasteiger partial charge in [0, 0.05) is 12.8 Å². The number of hydrogen-bond donors (Lipinski definition) is 0. The number of ketones is 1. The predicted molar refractivity (Wildman–Crippen MR) is 74.1 cm³/mol. The summed E-state index contributed by atoms with van der Waals surface area (Å²) in [5.74, 6) is 0.378. The van der Waals surface area contributed by atoms with E-state index in [1.54, 1.807) is 0 Å². The Hall–Kier alpha value is -1.11. The largest absolute Gasteiger partial charge is 0.299 e. The lowest BCUT2D eigenvalue weighted by Crippen LogP contribution is -2.34. The number of carbonyl (C=O) groups excluding carboxylic acids is 1. The Labute approximate surface area is 110 Å². The van der Waals surface area contributed by atoms with Crippen LogP contribution in [0.4, 0.5) is 0 Å². The van der Waals surface area contributed by atoms with Gasteiger partial charge in [0.25, 0.3) is 0 Å². The normalized spacial score (nSPS) is 23.7. The standard InChI is InChI=1S/C17H22O/c1-16(2)5-6-17(3,4)15-10-12-8-13(18)7-11(12)9-14(15)16/h9-10H,5-8H2,1-4H3. The molecule has 1 nitrogen and oxygen atoms in total. The molecule has 1 aromatic rings. The van der Waals surface area contributed by atoms with Crippen molar-refractivity contribution in [1.29, 1.82) is 0 Å². The minimum absolute atomic E-state index is 0.255. The Balaban J connectivity index is 2.23. The molecule has 96 valence electrons. The van der Waals surface area contributed by atoms with Crippen LogP contribution in [-0.4, -0.2) is 5.78 Å². The second-order valence-electron chi connectivity index (χ2n) is 7.33. The first-order valence-corrected chi connectivity index (χ1v) is 6.98. The molecule has 0 fully saturated rings. The van der Waals surface area contributed by atoms with Crippen LogP contribution in [0.15, 0.2) is 12.1 Å². The van der Waals surface area contributed by atoms with Crippen molar-refractivity contribution >= 4 is 5.78 Å². The predicted octanol–water partition coefficient (Wildman–Crippen LogP) is 3.70. The summed E-state index contributed by atoms with van der Waals surface area (Å²) in [6.07, 6.45) is 3.78. The summed E-state index contributed by atoms with van der Waals surface area (Å²) in [5, 5.41) is 0. The molecule has 0 atom stereocenters. The van der Waals surface area contributed by atoms with E-state index in [1.165, 1.54) is 35.1 Å². The van der Waals surface area contributed by atoms with Crippen molar-refractivity contribution in [1.82, 2.24) is 0 Å². The Morgan fingerprint density at radius 2 is 1.22 bits per heavy atom. The Kier molecular flexibility index (Phi) is 2.30. The van der Waals surface area contributed by atoms with Gasteiger partial charge in [0.15, 0.2) is 0 Å². The van der Waals surface area contributed by atoms with Crippen LogP contribution in [0.5, 0.6) is 0 Å². The summed E-state index contributed by atoms with van der Waals surface area (Å²) in [6.45, 7) is 9.35. The molecular formula is C17H22O. The number of rotatable bonds is 0.